The number of anilines is 2. The Kier molecular flexibility index (Phi) is 4.50. The van der Waals surface area contributed by atoms with Crippen LogP contribution in [-0.4, -0.2) is 29.5 Å². The normalized spacial score (nSPS) is 9.88. The lowest BCUT2D eigenvalue weighted by Crippen LogP contribution is -2.13. The van der Waals surface area contributed by atoms with E-state index in [4.69, 9.17) is 5.73 Å². The minimum absolute atomic E-state index is 0.280. The predicted octanol–water partition coefficient (Wildman–Crippen LogP) is 0.504. The average Bonchev–Trinajstić information content (AvgIpc) is 2.26. The summed E-state index contributed by atoms with van der Waals surface area (Å²) in [5.74, 6) is 1.30. The van der Waals surface area contributed by atoms with Gasteiger partial charge < -0.3 is 16.4 Å². The molecule has 0 atom stereocenters. The van der Waals surface area contributed by atoms with Crippen molar-refractivity contribution >= 4 is 17.5 Å². The van der Waals surface area contributed by atoms with Crippen LogP contribution >= 0.6 is 0 Å². The van der Waals surface area contributed by atoms with Gasteiger partial charge in [0.2, 0.25) is 5.91 Å². The molecule has 4 N–H and O–H groups in total. The number of hydrogen-bond donors (Lipinski definition) is 3. The third-order valence-electron chi connectivity index (χ3n) is 2.21. The molecule has 0 aliphatic heterocycles. The first-order valence-corrected chi connectivity index (χ1v) is 5.16. The fourth-order valence-corrected chi connectivity index (χ4v) is 1.35. The van der Waals surface area contributed by atoms with E-state index in [2.05, 4.69) is 20.6 Å². The van der Waals surface area contributed by atoms with E-state index >= 15 is 0 Å². The van der Waals surface area contributed by atoms with Gasteiger partial charge in [-0.15, -0.1) is 0 Å². The molecule has 0 aromatic carbocycles. The van der Waals surface area contributed by atoms with Crippen LogP contribution in [0.1, 0.15) is 18.4 Å². The Morgan fingerprint density at radius 1 is 1.44 bits per heavy atom. The van der Waals surface area contributed by atoms with Crippen molar-refractivity contribution in [2.75, 3.05) is 24.2 Å². The van der Waals surface area contributed by atoms with Crippen LogP contribution in [0.2, 0.25) is 0 Å². The van der Waals surface area contributed by atoms with E-state index in [1.54, 1.807) is 0 Å². The van der Waals surface area contributed by atoms with Gasteiger partial charge in [0.05, 0.1) is 0 Å². The number of carbonyl (C=O) groups is 1. The Hall–Kier alpha value is -1.85. The first-order valence-electron chi connectivity index (χ1n) is 5.16. The molecule has 0 aliphatic rings. The summed E-state index contributed by atoms with van der Waals surface area (Å²) in [5, 5.41) is 6.12. The van der Waals surface area contributed by atoms with Gasteiger partial charge >= 0.3 is 0 Å². The highest BCUT2D eigenvalue weighted by molar-refractivity contribution is 5.73. The van der Waals surface area contributed by atoms with Crippen molar-refractivity contribution in [1.29, 1.82) is 0 Å². The molecule has 88 valence electrons. The molecular formula is C10H17N5O. The van der Waals surface area contributed by atoms with E-state index in [1.165, 1.54) is 6.33 Å². The molecule has 16 heavy (non-hydrogen) atoms. The molecule has 0 unspecified atom stereocenters. The van der Waals surface area contributed by atoms with Crippen LogP contribution in [0.3, 0.4) is 0 Å². The number of carbonyl (C=O) groups excluding carboxylic acids is 1. The molecular weight excluding hydrogens is 206 g/mol. The van der Waals surface area contributed by atoms with Crippen molar-refractivity contribution < 1.29 is 4.79 Å². The number of nitrogens with one attached hydrogen (secondary N) is 2. The summed E-state index contributed by atoms with van der Waals surface area (Å²) in [7, 11) is 1.81. The van der Waals surface area contributed by atoms with Crippen LogP contribution in [-0.2, 0) is 4.79 Å². The summed E-state index contributed by atoms with van der Waals surface area (Å²) in [6.07, 6.45) is 2.58. The van der Waals surface area contributed by atoms with E-state index in [0.29, 0.717) is 19.4 Å². The molecule has 0 saturated heterocycles. The Bertz CT molecular complexity index is 366. The number of nitrogens with two attached hydrogens (primary N) is 1. The zero-order valence-corrected chi connectivity index (χ0v) is 9.58. The Labute approximate surface area is 94.7 Å². The number of amides is 1. The molecule has 0 radical (unpaired) electrons. The number of nitrogens with zero attached hydrogens (tertiary/aromatic N) is 2. The molecule has 0 bridgehead atoms. The van der Waals surface area contributed by atoms with Gasteiger partial charge in [-0.1, -0.05) is 0 Å². The van der Waals surface area contributed by atoms with Crippen molar-refractivity contribution in [3.05, 3.63) is 11.9 Å². The maximum Gasteiger partial charge on any atom is 0.217 e. The van der Waals surface area contributed by atoms with Crippen molar-refractivity contribution in [1.82, 2.24) is 9.97 Å². The summed E-state index contributed by atoms with van der Waals surface area (Å²) < 4.78 is 0. The summed E-state index contributed by atoms with van der Waals surface area (Å²) in [5.41, 5.74) is 6.01. The van der Waals surface area contributed by atoms with Gasteiger partial charge in [-0.2, -0.15) is 0 Å². The smallest absolute Gasteiger partial charge is 0.217 e. The Balaban J connectivity index is 2.50. The quantitative estimate of drug-likeness (QED) is 0.611. The molecule has 0 spiro atoms. The van der Waals surface area contributed by atoms with E-state index < -0.39 is 0 Å². The zero-order chi connectivity index (χ0) is 12.0. The van der Waals surface area contributed by atoms with Crippen LogP contribution in [0.4, 0.5) is 11.6 Å². The van der Waals surface area contributed by atoms with Crippen LogP contribution in [0, 0.1) is 6.92 Å². The number of aromatic nitrogens is 2. The molecule has 0 fully saturated rings. The molecule has 1 heterocycles. The average molecular weight is 223 g/mol. The van der Waals surface area contributed by atoms with Crippen molar-refractivity contribution in [2.45, 2.75) is 19.8 Å². The van der Waals surface area contributed by atoms with Gasteiger partial charge in [-0.3, -0.25) is 4.79 Å². The highest BCUT2D eigenvalue weighted by Gasteiger charge is 2.04. The fraction of sp³-hybridized carbons (Fsp3) is 0.500. The van der Waals surface area contributed by atoms with Crippen LogP contribution < -0.4 is 16.4 Å². The minimum Gasteiger partial charge on any atom is -0.373 e. The fourth-order valence-electron chi connectivity index (χ4n) is 1.35. The number of hydrogen-bond acceptors (Lipinski definition) is 5. The zero-order valence-electron chi connectivity index (χ0n) is 9.58. The highest BCUT2D eigenvalue weighted by Crippen LogP contribution is 2.17. The monoisotopic (exact) mass is 223 g/mol. The SMILES string of the molecule is CNc1ncnc(NCCCC(N)=O)c1C. The summed E-state index contributed by atoms with van der Waals surface area (Å²) in [6, 6.07) is 0. The predicted molar refractivity (Wildman–Crippen MR) is 63.2 cm³/mol. The van der Waals surface area contributed by atoms with E-state index in [9.17, 15) is 4.79 Å². The topological polar surface area (TPSA) is 92.9 Å². The maximum atomic E-state index is 10.5. The lowest BCUT2D eigenvalue weighted by atomic mass is 10.2. The van der Waals surface area contributed by atoms with Crippen molar-refractivity contribution in [3.63, 3.8) is 0 Å². The van der Waals surface area contributed by atoms with Gasteiger partial charge in [0.1, 0.15) is 18.0 Å². The van der Waals surface area contributed by atoms with Crippen LogP contribution in [0.15, 0.2) is 6.33 Å². The number of rotatable bonds is 6. The van der Waals surface area contributed by atoms with Gasteiger partial charge in [0.25, 0.3) is 0 Å². The summed E-state index contributed by atoms with van der Waals surface area (Å²) in [4.78, 5) is 18.7. The molecule has 1 aromatic rings. The summed E-state index contributed by atoms with van der Waals surface area (Å²) in [6.45, 7) is 2.60. The largest absolute Gasteiger partial charge is 0.373 e. The highest BCUT2D eigenvalue weighted by atomic mass is 16.1. The minimum atomic E-state index is -0.280. The van der Waals surface area contributed by atoms with Crippen molar-refractivity contribution in [3.8, 4) is 0 Å². The third kappa shape index (κ3) is 3.38. The van der Waals surface area contributed by atoms with Gasteiger partial charge in [0, 0.05) is 25.6 Å². The van der Waals surface area contributed by atoms with Crippen LogP contribution in [0.5, 0.6) is 0 Å². The van der Waals surface area contributed by atoms with Gasteiger partial charge in [-0.25, -0.2) is 9.97 Å². The third-order valence-corrected chi connectivity index (χ3v) is 2.21. The standard InChI is InChI=1S/C10H17N5O/c1-7-9(12-2)14-6-15-10(7)13-5-3-4-8(11)16/h6H,3-5H2,1-2H3,(H2,11,16)(H2,12,13,14,15). The maximum absolute atomic E-state index is 10.5. The Morgan fingerprint density at radius 3 is 2.75 bits per heavy atom. The second-order valence-corrected chi connectivity index (χ2v) is 3.44. The molecule has 0 aliphatic carbocycles. The first-order chi connectivity index (χ1) is 7.65. The van der Waals surface area contributed by atoms with E-state index in [1.807, 2.05) is 14.0 Å². The second kappa shape index (κ2) is 5.89. The van der Waals surface area contributed by atoms with E-state index in [0.717, 1.165) is 17.2 Å². The molecule has 6 nitrogen and oxygen atoms in total. The number of primary amides is 1. The van der Waals surface area contributed by atoms with Crippen LogP contribution in [0.25, 0.3) is 0 Å². The molecule has 1 rings (SSSR count). The van der Waals surface area contributed by atoms with Gasteiger partial charge in [0.15, 0.2) is 0 Å². The van der Waals surface area contributed by atoms with E-state index in [-0.39, 0.29) is 5.91 Å². The molecule has 6 heteroatoms. The molecule has 1 amide bonds. The lowest BCUT2D eigenvalue weighted by Gasteiger charge is -2.10. The lowest BCUT2D eigenvalue weighted by molar-refractivity contribution is -0.118. The van der Waals surface area contributed by atoms with Crippen molar-refractivity contribution in [2.24, 2.45) is 5.73 Å². The molecule has 1 aromatic heterocycles. The second-order valence-electron chi connectivity index (χ2n) is 3.44. The first kappa shape index (κ1) is 12.2. The summed E-state index contributed by atoms with van der Waals surface area (Å²) >= 11 is 0. The Morgan fingerprint density at radius 2 is 2.12 bits per heavy atom. The van der Waals surface area contributed by atoms with Gasteiger partial charge in [-0.05, 0) is 13.3 Å². The molecule has 0 saturated carbocycles.